The third kappa shape index (κ3) is 5.06. The molecule has 0 aliphatic carbocycles. The molecule has 3 rings (SSSR count). The van der Waals surface area contributed by atoms with Gasteiger partial charge in [0.25, 0.3) is 5.91 Å². The lowest BCUT2D eigenvalue weighted by molar-refractivity contribution is -0.123. The van der Waals surface area contributed by atoms with Crippen LogP contribution in [0, 0.1) is 13.8 Å². The Morgan fingerprint density at radius 3 is 2.77 bits per heavy atom. The maximum Gasteiger partial charge on any atom is 0.258 e. The van der Waals surface area contributed by atoms with Crippen molar-refractivity contribution in [1.29, 1.82) is 0 Å². The number of nitrogens with one attached hydrogen (secondary N) is 1. The van der Waals surface area contributed by atoms with Gasteiger partial charge in [0.1, 0.15) is 5.75 Å². The topological polar surface area (TPSA) is 50.8 Å². The molecular weight excluding hydrogens is 348 g/mol. The highest BCUT2D eigenvalue weighted by Gasteiger charge is 2.23. The first-order valence-corrected chi connectivity index (χ1v) is 9.83. The molecule has 1 saturated heterocycles. The predicted molar refractivity (Wildman–Crippen MR) is 104 cm³/mol. The Hall–Kier alpha value is -1.89. The summed E-state index contributed by atoms with van der Waals surface area (Å²) in [6, 6.07) is 10.2. The summed E-state index contributed by atoms with van der Waals surface area (Å²) in [4.78, 5) is 15.9. The molecule has 1 fully saturated rings. The fraction of sp³-hybridized carbons (Fsp3) is 0.450. The van der Waals surface area contributed by atoms with E-state index >= 15 is 0 Å². The van der Waals surface area contributed by atoms with Crippen molar-refractivity contribution in [3.05, 3.63) is 51.7 Å². The lowest BCUT2D eigenvalue weighted by Crippen LogP contribution is -2.44. The van der Waals surface area contributed by atoms with Crippen LogP contribution >= 0.6 is 11.3 Å². The fourth-order valence-corrected chi connectivity index (χ4v) is 3.85. The van der Waals surface area contributed by atoms with Gasteiger partial charge in [-0.3, -0.25) is 9.69 Å². The van der Waals surface area contributed by atoms with Gasteiger partial charge in [0, 0.05) is 24.5 Å². The Morgan fingerprint density at radius 2 is 2.08 bits per heavy atom. The number of hydrogen-bond donors (Lipinski definition) is 1. The highest BCUT2D eigenvalue weighted by molar-refractivity contribution is 7.10. The standard InChI is InChI=1S/C20H26N2O3S/c1-15-5-6-17(12-16(15)2)25-14-20(23)21-13-18(19-4-3-11-26-19)22-7-9-24-10-8-22/h3-6,11-12,18H,7-10,13-14H2,1-2H3,(H,21,23). The maximum atomic E-state index is 12.2. The molecule has 1 N–H and O–H groups in total. The SMILES string of the molecule is Cc1ccc(OCC(=O)NCC(c2cccs2)N2CCOCC2)cc1C. The van der Waals surface area contributed by atoms with Crippen LogP contribution in [0.3, 0.4) is 0 Å². The molecule has 6 heteroatoms. The minimum Gasteiger partial charge on any atom is -0.484 e. The molecule has 0 spiro atoms. The molecule has 140 valence electrons. The van der Waals surface area contributed by atoms with Crippen LogP contribution in [0.2, 0.25) is 0 Å². The lowest BCUT2D eigenvalue weighted by Gasteiger charge is -2.34. The number of aryl methyl sites for hydroxylation is 2. The van der Waals surface area contributed by atoms with E-state index in [0.29, 0.717) is 6.54 Å². The van der Waals surface area contributed by atoms with Crippen molar-refractivity contribution in [1.82, 2.24) is 10.2 Å². The van der Waals surface area contributed by atoms with E-state index in [1.54, 1.807) is 11.3 Å². The molecule has 1 unspecified atom stereocenters. The van der Waals surface area contributed by atoms with E-state index in [2.05, 4.69) is 34.7 Å². The van der Waals surface area contributed by atoms with E-state index in [0.717, 1.165) is 37.6 Å². The van der Waals surface area contributed by atoms with Gasteiger partial charge in [0.2, 0.25) is 0 Å². The number of benzene rings is 1. The number of ether oxygens (including phenoxy) is 2. The smallest absolute Gasteiger partial charge is 0.258 e. The van der Waals surface area contributed by atoms with Crippen LogP contribution in [0.25, 0.3) is 0 Å². The molecule has 2 aromatic rings. The largest absolute Gasteiger partial charge is 0.484 e. The third-order valence-electron chi connectivity index (χ3n) is 4.70. The van der Waals surface area contributed by atoms with Crippen molar-refractivity contribution >= 4 is 17.2 Å². The zero-order valence-corrected chi connectivity index (χ0v) is 16.2. The zero-order valence-electron chi connectivity index (χ0n) is 15.4. The molecule has 0 bridgehead atoms. The molecule has 1 amide bonds. The minimum atomic E-state index is -0.0990. The van der Waals surface area contributed by atoms with E-state index in [1.165, 1.54) is 10.4 Å². The summed E-state index contributed by atoms with van der Waals surface area (Å²) >= 11 is 1.72. The van der Waals surface area contributed by atoms with Gasteiger partial charge in [0.05, 0.1) is 19.3 Å². The molecule has 0 radical (unpaired) electrons. The Morgan fingerprint density at radius 1 is 1.27 bits per heavy atom. The van der Waals surface area contributed by atoms with Gasteiger partial charge in [-0.15, -0.1) is 11.3 Å². The summed E-state index contributed by atoms with van der Waals surface area (Å²) in [6.45, 7) is 7.96. The Bertz CT molecular complexity index is 712. The van der Waals surface area contributed by atoms with E-state index < -0.39 is 0 Å². The zero-order chi connectivity index (χ0) is 18.4. The van der Waals surface area contributed by atoms with Gasteiger partial charge >= 0.3 is 0 Å². The lowest BCUT2D eigenvalue weighted by atomic mass is 10.1. The van der Waals surface area contributed by atoms with Gasteiger partial charge in [-0.25, -0.2) is 0 Å². The predicted octanol–water partition coefficient (Wildman–Crippen LogP) is 2.93. The number of carbonyl (C=O) groups is 1. The number of rotatable bonds is 7. The van der Waals surface area contributed by atoms with Crippen molar-refractivity contribution < 1.29 is 14.3 Å². The first-order valence-electron chi connectivity index (χ1n) is 8.95. The molecule has 2 heterocycles. The third-order valence-corrected chi connectivity index (χ3v) is 5.67. The fourth-order valence-electron chi connectivity index (χ4n) is 2.99. The molecule has 1 atom stereocenters. The second kappa shape index (κ2) is 9.16. The number of amides is 1. The van der Waals surface area contributed by atoms with Gasteiger partial charge in [-0.05, 0) is 48.6 Å². The highest BCUT2D eigenvalue weighted by atomic mass is 32.1. The van der Waals surface area contributed by atoms with Gasteiger partial charge in [0.15, 0.2) is 6.61 Å². The molecule has 0 saturated carbocycles. The first kappa shape index (κ1) is 18.9. The number of nitrogens with zero attached hydrogens (tertiary/aromatic N) is 1. The van der Waals surface area contributed by atoms with Crippen molar-refractivity contribution in [2.45, 2.75) is 19.9 Å². The summed E-state index contributed by atoms with van der Waals surface area (Å²) in [5, 5.41) is 5.10. The summed E-state index contributed by atoms with van der Waals surface area (Å²) in [7, 11) is 0. The Labute approximate surface area is 158 Å². The van der Waals surface area contributed by atoms with Crippen molar-refractivity contribution in [3.63, 3.8) is 0 Å². The average molecular weight is 375 g/mol. The van der Waals surface area contributed by atoms with Crippen LogP contribution in [-0.4, -0.2) is 50.3 Å². The second-order valence-corrected chi connectivity index (χ2v) is 7.50. The van der Waals surface area contributed by atoms with Crippen LogP contribution in [0.1, 0.15) is 22.0 Å². The van der Waals surface area contributed by atoms with Crippen LogP contribution in [-0.2, 0) is 9.53 Å². The second-order valence-electron chi connectivity index (χ2n) is 6.52. The minimum absolute atomic E-state index is 0.0305. The molecule has 1 aromatic heterocycles. The maximum absolute atomic E-state index is 12.2. The van der Waals surface area contributed by atoms with Gasteiger partial charge in [-0.1, -0.05) is 12.1 Å². The van der Waals surface area contributed by atoms with Crippen molar-refractivity contribution in [3.8, 4) is 5.75 Å². The monoisotopic (exact) mass is 374 g/mol. The van der Waals surface area contributed by atoms with Gasteiger partial charge in [-0.2, -0.15) is 0 Å². The Kier molecular flexibility index (Phi) is 6.66. The quantitative estimate of drug-likeness (QED) is 0.810. The number of thiophene rings is 1. The van der Waals surface area contributed by atoms with Crippen LogP contribution in [0.5, 0.6) is 5.75 Å². The average Bonchev–Trinajstić information content (AvgIpc) is 3.18. The van der Waals surface area contributed by atoms with E-state index in [1.807, 2.05) is 25.1 Å². The van der Waals surface area contributed by atoms with E-state index in [-0.39, 0.29) is 18.6 Å². The number of morpholine rings is 1. The highest BCUT2D eigenvalue weighted by Crippen LogP contribution is 2.25. The van der Waals surface area contributed by atoms with E-state index in [4.69, 9.17) is 9.47 Å². The summed E-state index contributed by atoms with van der Waals surface area (Å²) in [6.07, 6.45) is 0. The van der Waals surface area contributed by atoms with Crippen molar-refractivity contribution in [2.24, 2.45) is 0 Å². The normalized spacial score (nSPS) is 16.2. The molecule has 1 aliphatic heterocycles. The first-order chi connectivity index (χ1) is 12.6. The summed E-state index contributed by atoms with van der Waals surface area (Å²) in [5.41, 5.74) is 2.37. The van der Waals surface area contributed by atoms with Crippen LogP contribution in [0.15, 0.2) is 35.7 Å². The summed E-state index contributed by atoms with van der Waals surface area (Å²) in [5.74, 6) is 0.629. The van der Waals surface area contributed by atoms with Crippen LogP contribution < -0.4 is 10.1 Å². The summed E-state index contributed by atoms with van der Waals surface area (Å²) < 4.78 is 11.1. The molecular formula is C20H26N2O3S. The molecule has 26 heavy (non-hydrogen) atoms. The van der Waals surface area contributed by atoms with E-state index in [9.17, 15) is 4.79 Å². The van der Waals surface area contributed by atoms with Crippen molar-refractivity contribution in [2.75, 3.05) is 39.5 Å². The Balaban J connectivity index is 1.52. The van der Waals surface area contributed by atoms with Crippen LogP contribution in [0.4, 0.5) is 0 Å². The molecule has 1 aromatic carbocycles. The number of carbonyl (C=O) groups excluding carboxylic acids is 1. The molecule has 1 aliphatic rings. The number of hydrogen-bond acceptors (Lipinski definition) is 5. The molecule has 5 nitrogen and oxygen atoms in total. The van der Waals surface area contributed by atoms with Gasteiger partial charge < -0.3 is 14.8 Å².